The standard InChI is InChI=1S/4C30H38O3/c4*1-19-9-7-10-24(19)28(32)17-23-14-21(3)26(16-23)29(33)18-22-13-20(2)25(15-22)27(31)11-8-12-30(4,5)6/h4*7,9-10,13-16,19-21H,8,11-12,17-18H2,1-6H3. The first-order valence-corrected chi connectivity index (χ1v) is 49.1. The minimum Gasteiger partial charge on any atom is -0.295 e. The van der Waals surface area contributed by atoms with Crippen LogP contribution >= 0.6 is 0 Å². The molecule has 12 atom stereocenters. The third kappa shape index (κ3) is 30.9. The van der Waals surface area contributed by atoms with E-state index in [0.29, 0.717) is 77.0 Å². The Morgan fingerprint density at radius 1 is 0.189 bits per heavy atom. The number of hydrogen-bond donors (Lipinski definition) is 0. The van der Waals surface area contributed by atoms with Gasteiger partial charge in [0, 0.05) is 215 Å². The number of ketones is 12. The van der Waals surface area contributed by atoms with Crippen molar-refractivity contribution in [2.75, 3.05) is 0 Å². The van der Waals surface area contributed by atoms with Crippen LogP contribution in [0.5, 0.6) is 0 Å². The zero-order chi connectivity index (χ0) is 97.3. The highest BCUT2D eigenvalue weighted by molar-refractivity contribution is 6.08. The van der Waals surface area contributed by atoms with Crippen molar-refractivity contribution in [1.82, 2.24) is 0 Å². The number of Topliss-reactive ketones (excluding diaryl/α,β-unsaturated/α-hetero) is 12. The van der Waals surface area contributed by atoms with Crippen LogP contribution in [0.2, 0.25) is 0 Å². The molecule has 0 saturated carbocycles. The van der Waals surface area contributed by atoms with Crippen molar-refractivity contribution < 1.29 is 57.5 Å². The third-order valence-corrected chi connectivity index (χ3v) is 27.1. The average Bonchev–Trinajstić information content (AvgIpc) is 1.69. The number of hydrogen-bond acceptors (Lipinski definition) is 12. The minimum absolute atomic E-state index is 0.00955. The Morgan fingerprint density at radius 3 is 0.439 bits per heavy atom. The Kier molecular flexibility index (Phi) is 36.9. The number of carbonyl (C=O) groups is 12. The summed E-state index contributed by atoms with van der Waals surface area (Å²) in [7, 11) is 0. The molecule has 0 bridgehead atoms. The lowest BCUT2D eigenvalue weighted by Crippen LogP contribution is -2.10. The Hall–Kier alpha value is -10.2. The van der Waals surface area contributed by atoms with Gasteiger partial charge in [-0.3, -0.25) is 57.5 Å². The Labute approximate surface area is 791 Å². The maximum atomic E-state index is 13.1. The summed E-state index contributed by atoms with van der Waals surface area (Å²) in [4.78, 5) is 154. The van der Waals surface area contributed by atoms with Gasteiger partial charge in [0.05, 0.1) is 0 Å². The van der Waals surface area contributed by atoms with Crippen molar-refractivity contribution in [3.05, 3.63) is 282 Å². The topological polar surface area (TPSA) is 205 Å². The van der Waals surface area contributed by atoms with Gasteiger partial charge in [-0.1, -0.05) is 336 Å². The van der Waals surface area contributed by atoms with Gasteiger partial charge in [0.15, 0.2) is 69.4 Å². The number of carbonyl (C=O) groups excluding carboxylic acids is 12. The largest absolute Gasteiger partial charge is 0.295 e. The summed E-state index contributed by atoms with van der Waals surface area (Å²) < 4.78 is 0. The second-order valence-electron chi connectivity index (χ2n) is 44.4. The van der Waals surface area contributed by atoms with Crippen molar-refractivity contribution in [2.45, 2.75) is 295 Å². The van der Waals surface area contributed by atoms with E-state index < -0.39 is 0 Å². The zero-order valence-corrected chi connectivity index (χ0v) is 84.1. The quantitative estimate of drug-likeness (QED) is 0.0562. The van der Waals surface area contributed by atoms with E-state index in [1.165, 1.54) is 0 Å². The fourth-order valence-electron chi connectivity index (χ4n) is 19.6. The van der Waals surface area contributed by atoms with Gasteiger partial charge in [-0.05, 0) is 118 Å². The Balaban J connectivity index is 0.000000198. The maximum absolute atomic E-state index is 13.1. The Morgan fingerprint density at radius 2 is 0.318 bits per heavy atom. The van der Waals surface area contributed by atoms with E-state index in [-0.39, 0.29) is 162 Å². The monoisotopic (exact) mass is 1790 g/mol. The zero-order valence-electron chi connectivity index (χ0n) is 84.1. The van der Waals surface area contributed by atoms with Gasteiger partial charge in [-0.2, -0.15) is 0 Å². The molecule has 12 heteroatoms. The molecule has 0 aliphatic heterocycles. The summed E-state index contributed by atoms with van der Waals surface area (Å²) in [6, 6.07) is 0. The van der Waals surface area contributed by atoms with E-state index in [2.05, 4.69) is 83.1 Å². The van der Waals surface area contributed by atoms with Crippen molar-refractivity contribution in [2.24, 2.45) is 92.7 Å². The van der Waals surface area contributed by atoms with Gasteiger partial charge in [-0.25, -0.2) is 0 Å². The summed E-state index contributed by atoms with van der Waals surface area (Å²) in [5, 5.41) is 0. The van der Waals surface area contributed by atoms with Gasteiger partial charge >= 0.3 is 0 Å². The lowest BCUT2D eigenvalue weighted by atomic mass is 9.88. The molecule has 12 unspecified atom stereocenters. The lowest BCUT2D eigenvalue weighted by Gasteiger charge is -2.17. The number of rotatable bonds is 40. The first-order chi connectivity index (χ1) is 61.8. The van der Waals surface area contributed by atoms with E-state index in [0.717, 1.165) is 163 Å². The van der Waals surface area contributed by atoms with Crippen LogP contribution in [0.4, 0.5) is 0 Å². The van der Waals surface area contributed by atoms with E-state index in [9.17, 15) is 57.5 Å². The molecule has 0 N–H and O–H groups in total. The van der Waals surface area contributed by atoms with Crippen LogP contribution in [-0.4, -0.2) is 69.4 Å². The molecule has 12 aliphatic carbocycles. The second kappa shape index (κ2) is 46.2. The molecule has 0 amide bonds. The lowest BCUT2D eigenvalue weighted by molar-refractivity contribution is -0.116. The third-order valence-electron chi connectivity index (χ3n) is 27.1. The van der Waals surface area contributed by atoms with Crippen molar-refractivity contribution in [3.8, 4) is 0 Å². The number of allylic oxidation sites excluding steroid dienone is 48. The molecule has 0 radical (unpaired) electrons. The molecule has 12 nitrogen and oxygen atoms in total. The van der Waals surface area contributed by atoms with Crippen LogP contribution < -0.4 is 0 Å². The van der Waals surface area contributed by atoms with Crippen LogP contribution in [0, 0.1) is 92.7 Å². The molecular weight excluding hydrogens is 1630 g/mol. The molecule has 0 aromatic carbocycles. The molecule has 132 heavy (non-hydrogen) atoms. The van der Waals surface area contributed by atoms with Gasteiger partial charge in [0.1, 0.15) is 0 Å². The van der Waals surface area contributed by atoms with Crippen LogP contribution in [0.15, 0.2) is 282 Å². The molecule has 0 fully saturated rings. The maximum Gasteiger partial charge on any atom is 0.163 e. The molecule has 0 aromatic rings. The molecule has 12 aliphatic rings. The summed E-state index contributed by atoms with van der Waals surface area (Å²) in [5.74, 6) is 2.54. The normalized spacial score (nSPS) is 24.3. The van der Waals surface area contributed by atoms with E-state index >= 15 is 0 Å². The van der Waals surface area contributed by atoms with Crippen molar-refractivity contribution in [1.29, 1.82) is 0 Å². The molecular formula is C120H152O12. The van der Waals surface area contributed by atoms with Crippen LogP contribution in [0.1, 0.15) is 295 Å². The fraction of sp³-hybridized carbons (Fsp3) is 0.500. The second-order valence-corrected chi connectivity index (χ2v) is 44.4. The average molecular weight is 1790 g/mol. The minimum atomic E-state index is 0.00955. The van der Waals surface area contributed by atoms with Crippen molar-refractivity contribution in [3.63, 3.8) is 0 Å². The molecule has 0 saturated heterocycles. The van der Waals surface area contributed by atoms with Gasteiger partial charge in [0.25, 0.3) is 0 Å². The van der Waals surface area contributed by atoms with Gasteiger partial charge < -0.3 is 0 Å². The molecule has 0 heterocycles. The van der Waals surface area contributed by atoms with Crippen LogP contribution in [-0.2, 0) is 57.5 Å². The fourth-order valence-corrected chi connectivity index (χ4v) is 19.6. The van der Waals surface area contributed by atoms with E-state index in [1.54, 1.807) is 0 Å². The van der Waals surface area contributed by atoms with Crippen molar-refractivity contribution >= 4 is 69.4 Å². The summed E-state index contributed by atoms with van der Waals surface area (Å²) in [6.45, 7) is 50.6. The van der Waals surface area contributed by atoms with Gasteiger partial charge in [0.2, 0.25) is 0 Å². The highest BCUT2D eigenvalue weighted by Gasteiger charge is 2.35. The first-order valence-electron chi connectivity index (χ1n) is 49.1. The molecule has 12 rings (SSSR count). The Bertz CT molecular complexity index is 4730. The van der Waals surface area contributed by atoms with E-state index in [4.69, 9.17) is 0 Å². The highest BCUT2D eigenvalue weighted by atomic mass is 16.2. The van der Waals surface area contributed by atoms with Crippen LogP contribution in [0.25, 0.3) is 0 Å². The predicted molar refractivity (Wildman–Crippen MR) is 538 cm³/mol. The first kappa shape index (κ1) is 105. The predicted octanol–water partition coefficient (Wildman–Crippen LogP) is 27.3. The summed E-state index contributed by atoms with van der Waals surface area (Å²) in [6.07, 6.45) is 67.6. The summed E-state index contributed by atoms with van der Waals surface area (Å²) >= 11 is 0. The van der Waals surface area contributed by atoms with Gasteiger partial charge in [-0.15, -0.1) is 0 Å². The molecule has 704 valence electrons. The van der Waals surface area contributed by atoms with Crippen LogP contribution in [0.3, 0.4) is 0 Å². The van der Waals surface area contributed by atoms with E-state index in [1.807, 2.05) is 253 Å². The SMILES string of the molecule is CC1C=C(CC(=O)C2=CC(CC(=O)C3=CC=CC3C)=CC2C)C=C1C(=O)CCCC(C)(C)C.CC1C=C(CC(=O)C2=CC(CC(=O)C3=CC=CC3C)=CC2C)C=C1C(=O)CCCC(C)(C)C.CC1C=C(CC(=O)C2=CC(CC(=O)C3=CC=CC3C)=CC2C)C=C1C(=O)CCCC(C)(C)C.CC1C=C(CC(=O)C2=CC(CC(=O)C3=CC=CC3C)=CC2C)C=C1C(=O)CCCC(C)(C)C. The smallest absolute Gasteiger partial charge is 0.163 e. The molecule has 0 aromatic heterocycles. The highest BCUT2D eigenvalue weighted by Crippen LogP contribution is 2.42. The molecule has 0 spiro atoms. The summed E-state index contributed by atoms with van der Waals surface area (Å²) in [5.41, 5.74) is 18.1.